The molecule has 1 N–H and O–H groups in total. The number of benzene rings is 1. The number of hydrogen-bond acceptors (Lipinski definition) is 4. The molecule has 0 saturated heterocycles. The monoisotopic (exact) mass is 311 g/mol. The molecule has 20 heavy (non-hydrogen) atoms. The van der Waals surface area contributed by atoms with E-state index < -0.39 is 4.92 Å². The summed E-state index contributed by atoms with van der Waals surface area (Å²) in [5.74, 6) is 0.182. The summed E-state index contributed by atoms with van der Waals surface area (Å²) in [5, 5.41) is 14.8. The van der Waals surface area contributed by atoms with Gasteiger partial charge < -0.3 is 5.32 Å². The Labute approximate surface area is 125 Å². The molecule has 1 aromatic heterocycles. The van der Waals surface area contributed by atoms with Gasteiger partial charge in [0.15, 0.2) is 0 Å². The second-order valence-electron chi connectivity index (χ2n) is 4.20. The zero-order chi connectivity index (χ0) is 14.7. The summed E-state index contributed by atoms with van der Waals surface area (Å²) in [6.07, 6.45) is 1.37. The summed E-state index contributed by atoms with van der Waals surface area (Å²) in [4.78, 5) is 14.4. The van der Waals surface area contributed by atoms with Crippen molar-refractivity contribution in [1.82, 2.24) is 4.98 Å². The Morgan fingerprint density at radius 3 is 2.50 bits per heavy atom. The van der Waals surface area contributed by atoms with Crippen molar-refractivity contribution in [3.8, 4) is 0 Å². The fraction of sp³-hybridized carbons (Fsp3) is 0.154. The lowest BCUT2D eigenvalue weighted by Gasteiger charge is -2.15. The molecule has 104 valence electrons. The molecule has 2 rings (SSSR count). The highest BCUT2D eigenvalue weighted by Gasteiger charge is 2.18. The molecular weight excluding hydrogens is 301 g/mol. The number of nitrogens with zero attached hydrogens (tertiary/aromatic N) is 2. The van der Waals surface area contributed by atoms with Crippen LogP contribution in [0.1, 0.15) is 18.5 Å². The predicted octanol–water partition coefficient (Wildman–Crippen LogP) is 4.47. The van der Waals surface area contributed by atoms with Crippen LogP contribution in [-0.4, -0.2) is 9.91 Å². The quantitative estimate of drug-likeness (QED) is 0.668. The average molecular weight is 312 g/mol. The first-order valence-corrected chi connectivity index (χ1v) is 6.55. The van der Waals surface area contributed by atoms with Crippen LogP contribution in [0.3, 0.4) is 0 Å². The van der Waals surface area contributed by atoms with Gasteiger partial charge in [-0.15, -0.1) is 0 Å². The van der Waals surface area contributed by atoms with Gasteiger partial charge in [-0.25, -0.2) is 4.98 Å². The highest BCUT2D eigenvalue weighted by Crippen LogP contribution is 2.28. The summed E-state index contributed by atoms with van der Waals surface area (Å²) in [6.45, 7) is 1.88. The van der Waals surface area contributed by atoms with Crippen LogP contribution < -0.4 is 5.32 Å². The average Bonchev–Trinajstić information content (AvgIpc) is 2.41. The van der Waals surface area contributed by atoms with Crippen LogP contribution in [0.25, 0.3) is 0 Å². The third-order valence-corrected chi connectivity index (χ3v) is 3.21. The zero-order valence-electron chi connectivity index (χ0n) is 10.5. The Morgan fingerprint density at radius 1 is 1.25 bits per heavy atom. The lowest BCUT2D eigenvalue weighted by atomic mass is 10.1. The van der Waals surface area contributed by atoms with E-state index in [1.165, 1.54) is 12.3 Å². The summed E-state index contributed by atoms with van der Waals surface area (Å²) < 4.78 is 0. The van der Waals surface area contributed by atoms with Crippen molar-refractivity contribution in [2.45, 2.75) is 13.0 Å². The van der Waals surface area contributed by atoms with Crippen molar-refractivity contribution < 1.29 is 4.92 Å². The van der Waals surface area contributed by atoms with E-state index in [9.17, 15) is 10.1 Å². The molecule has 0 aliphatic carbocycles. The number of aromatic nitrogens is 1. The number of hydrogen-bond donors (Lipinski definition) is 1. The van der Waals surface area contributed by atoms with Crippen LogP contribution in [0.15, 0.2) is 36.5 Å². The molecule has 5 nitrogen and oxygen atoms in total. The molecule has 0 spiro atoms. The highest BCUT2D eigenvalue weighted by atomic mass is 35.5. The number of rotatable bonds is 4. The number of pyridine rings is 1. The first-order valence-electron chi connectivity index (χ1n) is 5.79. The van der Waals surface area contributed by atoms with Crippen molar-refractivity contribution in [3.05, 3.63) is 62.3 Å². The minimum Gasteiger partial charge on any atom is -0.358 e. The van der Waals surface area contributed by atoms with Gasteiger partial charge in [0.05, 0.1) is 16.0 Å². The van der Waals surface area contributed by atoms with E-state index >= 15 is 0 Å². The maximum atomic E-state index is 11.0. The van der Waals surface area contributed by atoms with Gasteiger partial charge in [0.1, 0.15) is 0 Å². The van der Waals surface area contributed by atoms with Gasteiger partial charge >= 0.3 is 5.69 Å². The number of halogens is 2. The molecule has 0 bridgehead atoms. The molecule has 0 saturated carbocycles. The Morgan fingerprint density at radius 2 is 1.90 bits per heavy atom. The summed E-state index contributed by atoms with van der Waals surface area (Å²) in [5.41, 5.74) is 0.791. The third-order valence-electron chi connectivity index (χ3n) is 2.75. The second-order valence-corrected chi connectivity index (χ2v) is 5.07. The molecular formula is C13H11Cl2N3O2. The molecule has 0 amide bonds. The normalized spacial score (nSPS) is 11.9. The fourth-order valence-electron chi connectivity index (χ4n) is 1.72. The Bertz CT molecular complexity index is 632. The topological polar surface area (TPSA) is 68.1 Å². The lowest BCUT2D eigenvalue weighted by Crippen LogP contribution is -2.09. The van der Waals surface area contributed by atoms with Gasteiger partial charge in [0, 0.05) is 17.3 Å². The van der Waals surface area contributed by atoms with Crippen LogP contribution in [0.5, 0.6) is 0 Å². The van der Waals surface area contributed by atoms with E-state index in [1.54, 1.807) is 12.1 Å². The minimum atomic E-state index is -0.518. The van der Waals surface area contributed by atoms with Crippen molar-refractivity contribution in [3.63, 3.8) is 0 Å². The van der Waals surface area contributed by atoms with Gasteiger partial charge in [-0.1, -0.05) is 35.3 Å². The predicted molar refractivity (Wildman–Crippen MR) is 79.4 cm³/mol. The number of anilines is 1. The Balaban J connectivity index is 2.25. The zero-order valence-corrected chi connectivity index (χ0v) is 12.0. The van der Waals surface area contributed by atoms with Crippen LogP contribution >= 0.6 is 23.2 Å². The van der Waals surface area contributed by atoms with Gasteiger partial charge in [-0.3, -0.25) is 10.1 Å². The van der Waals surface area contributed by atoms with E-state index in [1.807, 2.05) is 19.1 Å². The first-order chi connectivity index (χ1) is 9.47. The van der Waals surface area contributed by atoms with Crippen molar-refractivity contribution in [2.24, 2.45) is 0 Å². The van der Waals surface area contributed by atoms with Gasteiger partial charge in [-0.05, 0) is 24.6 Å². The summed E-state index contributed by atoms with van der Waals surface area (Å²) in [7, 11) is 0. The van der Waals surface area contributed by atoms with E-state index in [4.69, 9.17) is 23.2 Å². The Kier molecular flexibility index (Phi) is 4.42. The van der Waals surface area contributed by atoms with E-state index in [0.29, 0.717) is 5.02 Å². The first kappa shape index (κ1) is 14.6. The minimum absolute atomic E-state index is 0.153. The fourth-order valence-corrected chi connectivity index (χ4v) is 2.00. The van der Waals surface area contributed by atoms with E-state index in [-0.39, 0.29) is 22.6 Å². The van der Waals surface area contributed by atoms with Crippen LogP contribution in [0.2, 0.25) is 10.0 Å². The highest BCUT2D eigenvalue weighted by molar-refractivity contribution is 6.31. The molecule has 0 fully saturated rings. The molecule has 7 heteroatoms. The Hall–Kier alpha value is -1.85. The summed E-state index contributed by atoms with van der Waals surface area (Å²) >= 11 is 11.5. The van der Waals surface area contributed by atoms with E-state index in [2.05, 4.69) is 10.3 Å². The summed E-state index contributed by atoms with van der Waals surface area (Å²) in [6, 6.07) is 8.34. The molecule has 1 atom stereocenters. The standard InChI is InChI=1S/C13H11Cl2N3O2/c1-8(9-2-4-10(14)5-3-9)17-13-12(18(19)20)6-11(15)7-16-13/h2-8H,1H3,(H,16,17). The molecule has 1 unspecified atom stereocenters. The molecule has 2 aromatic rings. The number of nitro groups is 1. The smallest absolute Gasteiger partial charge is 0.312 e. The third kappa shape index (κ3) is 3.37. The maximum Gasteiger partial charge on any atom is 0.312 e. The maximum absolute atomic E-state index is 11.0. The second kappa shape index (κ2) is 6.07. The number of nitrogens with one attached hydrogen (secondary N) is 1. The van der Waals surface area contributed by atoms with Crippen LogP contribution in [0, 0.1) is 10.1 Å². The molecule has 1 heterocycles. The molecule has 0 aliphatic heterocycles. The van der Waals surface area contributed by atoms with Crippen molar-refractivity contribution >= 4 is 34.7 Å². The molecule has 1 aromatic carbocycles. The lowest BCUT2D eigenvalue weighted by molar-refractivity contribution is -0.384. The van der Waals surface area contributed by atoms with Crippen LogP contribution in [0.4, 0.5) is 11.5 Å². The van der Waals surface area contributed by atoms with Gasteiger partial charge in [0.25, 0.3) is 0 Å². The van der Waals surface area contributed by atoms with Crippen molar-refractivity contribution in [2.75, 3.05) is 5.32 Å². The van der Waals surface area contributed by atoms with Crippen LogP contribution in [-0.2, 0) is 0 Å². The largest absolute Gasteiger partial charge is 0.358 e. The van der Waals surface area contributed by atoms with Gasteiger partial charge in [-0.2, -0.15) is 0 Å². The van der Waals surface area contributed by atoms with Crippen molar-refractivity contribution in [1.29, 1.82) is 0 Å². The van der Waals surface area contributed by atoms with Gasteiger partial charge in [0.2, 0.25) is 5.82 Å². The SMILES string of the molecule is CC(Nc1ncc(Cl)cc1[N+](=O)[O-])c1ccc(Cl)cc1. The molecule has 0 aliphatic rings. The van der Waals surface area contributed by atoms with E-state index in [0.717, 1.165) is 5.56 Å². The molecule has 0 radical (unpaired) electrons.